The molecule has 0 bridgehead atoms. The van der Waals surface area contributed by atoms with Gasteiger partial charge in [0.1, 0.15) is 0 Å². The van der Waals surface area contributed by atoms with E-state index in [1.54, 1.807) is 18.2 Å². The average molecular weight is 521 g/mol. The van der Waals surface area contributed by atoms with Gasteiger partial charge in [-0.25, -0.2) is 8.42 Å². The quantitative estimate of drug-likeness (QED) is 0.245. The predicted molar refractivity (Wildman–Crippen MR) is 142 cm³/mol. The number of hydrogen-bond donors (Lipinski definition) is 0. The van der Waals surface area contributed by atoms with E-state index in [0.29, 0.717) is 28.7 Å². The van der Waals surface area contributed by atoms with Crippen LogP contribution in [0.3, 0.4) is 0 Å². The van der Waals surface area contributed by atoms with Crippen LogP contribution in [0.25, 0.3) is 11.4 Å². The van der Waals surface area contributed by atoms with E-state index in [2.05, 4.69) is 40.5 Å². The SMILES string of the molecule is O=S(=O)(Cc1cccc(-c2noc(CCC3(c4ccccc4)CCCCC3)n2)c1)c1ccc(Cl)cc1. The smallest absolute Gasteiger partial charge is 0.226 e. The number of nitrogens with zero attached hydrogens (tertiary/aromatic N) is 2. The minimum Gasteiger partial charge on any atom is -0.339 e. The second-order valence-electron chi connectivity index (χ2n) is 9.63. The lowest BCUT2D eigenvalue weighted by atomic mass is 9.67. The van der Waals surface area contributed by atoms with Crippen LogP contribution in [0.5, 0.6) is 0 Å². The van der Waals surface area contributed by atoms with Gasteiger partial charge in [0.15, 0.2) is 9.84 Å². The average Bonchev–Trinajstić information content (AvgIpc) is 3.38. The van der Waals surface area contributed by atoms with Crippen molar-refractivity contribution in [1.29, 1.82) is 0 Å². The molecular weight excluding hydrogens is 492 g/mol. The summed E-state index contributed by atoms with van der Waals surface area (Å²) >= 11 is 5.90. The zero-order chi connectivity index (χ0) is 25.0. The van der Waals surface area contributed by atoms with Crippen LogP contribution in [0.1, 0.15) is 55.5 Å². The van der Waals surface area contributed by atoms with Crippen LogP contribution >= 0.6 is 11.6 Å². The Morgan fingerprint density at radius 1 is 0.889 bits per heavy atom. The fourth-order valence-electron chi connectivity index (χ4n) is 5.27. The summed E-state index contributed by atoms with van der Waals surface area (Å²) in [7, 11) is -3.50. The first-order valence-electron chi connectivity index (χ1n) is 12.4. The van der Waals surface area contributed by atoms with Crippen LogP contribution in [0.2, 0.25) is 5.02 Å². The summed E-state index contributed by atoms with van der Waals surface area (Å²) in [6.07, 6.45) is 7.84. The van der Waals surface area contributed by atoms with Crippen molar-refractivity contribution < 1.29 is 12.9 Å². The molecule has 1 fully saturated rings. The Morgan fingerprint density at radius 2 is 1.64 bits per heavy atom. The zero-order valence-electron chi connectivity index (χ0n) is 20.1. The van der Waals surface area contributed by atoms with Crippen molar-refractivity contribution in [3.63, 3.8) is 0 Å². The number of benzene rings is 3. The Hall–Kier alpha value is -2.96. The van der Waals surface area contributed by atoms with Gasteiger partial charge >= 0.3 is 0 Å². The van der Waals surface area contributed by atoms with E-state index in [1.807, 2.05) is 18.2 Å². The predicted octanol–water partition coefficient (Wildman–Crippen LogP) is 7.20. The summed E-state index contributed by atoms with van der Waals surface area (Å²) in [6.45, 7) is 0. The minimum absolute atomic E-state index is 0.118. The van der Waals surface area contributed by atoms with Crippen LogP contribution in [-0.2, 0) is 27.4 Å². The normalized spacial score (nSPS) is 15.6. The molecule has 3 aromatic carbocycles. The van der Waals surface area contributed by atoms with E-state index in [1.165, 1.54) is 49.8 Å². The molecule has 0 amide bonds. The van der Waals surface area contributed by atoms with Crippen LogP contribution in [-0.4, -0.2) is 18.6 Å². The van der Waals surface area contributed by atoms with E-state index in [0.717, 1.165) is 12.0 Å². The molecule has 0 aliphatic heterocycles. The lowest BCUT2D eigenvalue weighted by Crippen LogP contribution is -2.29. The Labute approximate surface area is 217 Å². The van der Waals surface area contributed by atoms with E-state index >= 15 is 0 Å². The molecular formula is C29H29ClN2O3S. The molecule has 0 N–H and O–H groups in total. The summed E-state index contributed by atoms with van der Waals surface area (Å²) in [4.78, 5) is 4.90. The fourth-order valence-corrected chi connectivity index (χ4v) is 6.73. The highest BCUT2D eigenvalue weighted by Crippen LogP contribution is 2.43. The van der Waals surface area contributed by atoms with E-state index in [-0.39, 0.29) is 16.1 Å². The van der Waals surface area contributed by atoms with E-state index < -0.39 is 9.84 Å². The molecule has 0 unspecified atom stereocenters. The lowest BCUT2D eigenvalue weighted by molar-refractivity contribution is 0.261. The van der Waals surface area contributed by atoms with Gasteiger partial charge in [-0.1, -0.05) is 84.6 Å². The van der Waals surface area contributed by atoms with Gasteiger partial charge in [-0.05, 0) is 66.1 Å². The second-order valence-corrected chi connectivity index (χ2v) is 12.1. The van der Waals surface area contributed by atoms with Gasteiger partial charge in [0, 0.05) is 17.0 Å². The van der Waals surface area contributed by atoms with Crippen molar-refractivity contribution >= 4 is 21.4 Å². The van der Waals surface area contributed by atoms with Gasteiger partial charge in [0.05, 0.1) is 10.6 Å². The molecule has 4 aromatic rings. The molecule has 1 aliphatic rings. The van der Waals surface area contributed by atoms with Gasteiger partial charge in [0.25, 0.3) is 0 Å². The molecule has 36 heavy (non-hydrogen) atoms. The van der Waals surface area contributed by atoms with Gasteiger partial charge in [0.2, 0.25) is 11.7 Å². The van der Waals surface area contributed by atoms with Crippen LogP contribution in [0.15, 0.2) is 88.3 Å². The van der Waals surface area contributed by atoms with Crippen LogP contribution < -0.4 is 0 Å². The molecule has 1 aliphatic carbocycles. The Balaban J connectivity index is 1.30. The zero-order valence-corrected chi connectivity index (χ0v) is 21.6. The highest BCUT2D eigenvalue weighted by Gasteiger charge is 2.34. The molecule has 1 aromatic heterocycles. The molecule has 0 spiro atoms. The van der Waals surface area contributed by atoms with Crippen molar-refractivity contribution in [3.8, 4) is 11.4 Å². The fraction of sp³-hybridized carbons (Fsp3) is 0.310. The molecule has 0 saturated heterocycles. The highest BCUT2D eigenvalue weighted by molar-refractivity contribution is 7.90. The summed E-state index contributed by atoms with van der Waals surface area (Å²) in [5, 5.41) is 4.70. The number of aryl methyl sites for hydroxylation is 1. The maximum atomic E-state index is 12.9. The molecule has 7 heteroatoms. The third-order valence-corrected chi connectivity index (χ3v) is 9.15. The number of hydrogen-bond acceptors (Lipinski definition) is 5. The summed E-state index contributed by atoms with van der Waals surface area (Å²) in [5.74, 6) is 0.977. The molecule has 1 saturated carbocycles. The van der Waals surface area contributed by atoms with Gasteiger partial charge < -0.3 is 4.52 Å². The number of rotatable bonds is 8. The first-order valence-corrected chi connectivity index (χ1v) is 14.4. The Kier molecular flexibility index (Phi) is 7.26. The minimum atomic E-state index is -3.50. The van der Waals surface area contributed by atoms with Crippen molar-refractivity contribution in [3.05, 3.63) is 101 Å². The maximum absolute atomic E-state index is 12.9. The van der Waals surface area contributed by atoms with Crippen LogP contribution in [0.4, 0.5) is 0 Å². The maximum Gasteiger partial charge on any atom is 0.226 e. The molecule has 186 valence electrons. The summed E-state index contributed by atoms with van der Waals surface area (Å²) < 4.78 is 31.3. The number of aromatic nitrogens is 2. The molecule has 0 radical (unpaired) electrons. The first kappa shape index (κ1) is 24.7. The van der Waals surface area contributed by atoms with Crippen molar-refractivity contribution in [2.45, 2.75) is 61.0 Å². The number of halogens is 1. The largest absolute Gasteiger partial charge is 0.339 e. The molecule has 1 heterocycles. The first-order chi connectivity index (χ1) is 17.4. The highest BCUT2D eigenvalue weighted by atomic mass is 35.5. The third-order valence-electron chi connectivity index (χ3n) is 7.20. The monoisotopic (exact) mass is 520 g/mol. The topological polar surface area (TPSA) is 73.1 Å². The van der Waals surface area contributed by atoms with Crippen LogP contribution in [0, 0.1) is 0 Å². The molecule has 5 nitrogen and oxygen atoms in total. The van der Waals surface area contributed by atoms with Gasteiger partial charge in [-0.3, -0.25) is 0 Å². The van der Waals surface area contributed by atoms with Crippen molar-refractivity contribution in [1.82, 2.24) is 10.1 Å². The molecule has 5 rings (SSSR count). The second kappa shape index (κ2) is 10.6. The van der Waals surface area contributed by atoms with E-state index in [4.69, 9.17) is 16.1 Å². The number of sulfone groups is 1. The standard InChI is InChI=1S/C29H29ClN2O3S/c30-25-12-14-26(15-13-25)36(33,34)21-22-8-7-9-23(20-22)28-31-27(35-32-28)16-19-29(17-5-2-6-18-29)24-10-3-1-4-11-24/h1,3-4,7-15,20H,2,5-6,16-19,21H2. The lowest BCUT2D eigenvalue weighted by Gasteiger charge is -2.38. The van der Waals surface area contributed by atoms with Gasteiger partial charge in [-0.15, -0.1) is 0 Å². The van der Waals surface area contributed by atoms with E-state index in [9.17, 15) is 8.42 Å². The Morgan fingerprint density at radius 3 is 2.39 bits per heavy atom. The van der Waals surface area contributed by atoms with Crippen molar-refractivity contribution in [2.75, 3.05) is 0 Å². The summed E-state index contributed by atoms with van der Waals surface area (Å²) in [6, 6.07) is 24.3. The van der Waals surface area contributed by atoms with Crippen molar-refractivity contribution in [2.24, 2.45) is 0 Å². The summed E-state index contributed by atoms with van der Waals surface area (Å²) in [5.41, 5.74) is 2.96. The molecule has 0 atom stereocenters. The Bertz CT molecular complexity index is 1410. The third kappa shape index (κ3) is 5.55. The van der Waals surface area contributed by atoms with Gasteiger partial charge in [-0.2, -0.15) is 4.98 Å².